The van der Waals surface area contributed by atoms with E-state index in [1.54, 1.807) is 0 Å². The summed E-state index contributed by atoms with van der Waals surface area (Å²) in [6, 6.07) is -5.46. The fourth-order valence-electron chi connectivity index (χ4n) is 5.84. The molecule has 0 bridgehead atoms. The third kappa shape index (κ3) is 13.3. The molecule has 272 valence electrons. The number of aliphatic carboxylic acids is 1. The van der Waals surface area contributed by atoms with Crippen molar-refractivity contribution < 1.29 is 33.9 Å². The predicted molar refractivity (Wildman–Crippen MR) is 179 cm³/mol. The van der Waals surface area contributed by atoms with Crippen molar-refractivity contribution in [1.29, 1.82) is 0 Å². The molecule has 17 nitrogen and oxygen atoms in total. The van der Waals surface area contributed by atoms with E-state index in [2.05, 4.69) is 31.6 Å². The summed E-state index contributed by atoms with van der Waals surface area (Å²) in [5.74, 6) is -3.90. The van der Waals surface area contributed by atoms with Crippen molar-refractivity contribution >= 4 is 41.5 Å². The molecular weight excluding hydrogens is 624 g/mol. The molecule has 2 fully saturated rings. The Kier molecular flexibility index (Phi) is 17.1. The number of carbonyl (C=O) groups is 6. The van der Waals surface area contributed by atoms with E-state index in [0.29, 0.717) is 45.1 Å². The van der Waals surface area contributed by atoms with Gasteiger partial charge in [0.15, 0.2) is 5.96 Å². The topological polar surface area (TPSA) is 276 Å². The van der Waals surface area contributed by atoms with E-state index >= 15 is 0 Å². The number of likely N-dealkylation sites (tertiary alicyclic amines) is 1. The first-order valence-electron chi connectivity index (χ1n) is 17.0. The number of aliphatic imine (C=N–C) groups is 1. The number of carbonyl (C=O) groups excluding carboxylic acids is 5. The Labute approximate surface area is 282 Å². The Bertz CT molecular complexity index is 1140. The van der Waals surface area contributed by atoms with Gasteiger partial charge in [0.2, 0.25) is 29.5 Å². The molecule has 2 aliphatic rings. The lowest BCUT2D eigenvalue weighted by molar-refractivity contribution is -0.149. The van der Waals surface area contributed by atoms with Crippen molar-refractivity contribution in [1.82, 2.24) is 31.5 Å². The minimum atomic E-state index is -1.12. The summed E-state index contributed by atoms with van der Waals surface area (Å²) in [5.41, 5.74) is 16.5. The van der Waals surface area contributed by atoms with Crippen molar-refractivity contribution in [3.05, 3.63) is 0 Å². The van der Waals surface area contributed by atoms with Crippen LogP contribution in [0.25, 0.3) is 0 Å². The second-order valence-electron chi connectivity index (χ2n) is 13.0. The first-order valence-corrected chi connectivity index (χ1v) is 17.0. The van der Waals surface area contributed by atoms with Gasteiger partial charge in [-0.05, 0) is 90.1 Å². The van der Waals surface area contributed by atoms with Gasteiger partial charge in [0.1, 0.15) is 30.2 Å². The fraction of sp³-hybridized carbons (Fsp3) is 0.774. The number of rotatable bonds is 20. The van der Waals surface area contributed by atoms with Crippen molar-refractivity contribution in [3.63, 3.8) is 0 Å². The summed E-state index contributed by atoms with van der Waals surface area (Å²) in [5, 5.41) is 23.6. The molecule has 0 unspecified atom stereocenters. The van der Waals surface area contributed by atoms with Gasteiger partial charge in [-0.1, -0.05) is 13.8 Å². The second-order valence-corrected chi connectivity index (χ2v) is 13.0. The van der Waals surface area contributed by atoms with Crippen LogP contribution in [0.3, 0.4) is 0 Å². The van der Waals surface area contributed by atoms with Gasteiger partial charge in [-0.3, -0.25) is 29.0 Å². The number of unbranched alkanes of at least 4 members (excludes halogenated alkanes) is 1. The summed E-state index contributed by atoms with van der Waals surface area (Å²) < 4.78 is 0. The second kappa shape index (κ2) is 20.4. The Hall–Kier alpha value is -3.99. The molecular formula is C31H56N10O7. The molecule has 2 rings (SSSR count). The van der Waals surface area contributed by atoms with Gasteiger partial charge in [-0.2, -0.15) is 0 Å². The highest BCUT2D eigenvalue weighted by atomic mass is 16.4. The van der Waals surface area contributed by atoms with E-state index in [1.165, 1.54) is 11.8 Å². The summed E-state index contributed by atoms with van der Waals surface area (Å²) in [7, 11) is 0. The van der Waals surface area contributed by atoms with Gasteiger partial charge in [0.05, 0.1) is 6.04 Å². The fourth-order valence-corrected chi connectivity index (χ4v) is 5.84. The zero-order valence-corrected chi connectivity index (χ0v) is 28.5. The molecule has 0 aliphatic carbocycles. The Morgan fingerprint density at radius 1 is 0.854 bits per heavy atom. The smallest absolute Gasteiger partial charge is 0.326 e. The van der Waals surface area contributed by atoms with Crippen LogP contribution in [-0.2, 0) is 28.8 Å². The van der Waals surface area contributed by atoms with E-state index in [-0.39, 0.29) is 56.2 Å². The van der Waals surface area contributed by atoms with Crippen molar-refractivity contribution in [2.24, 2.45) is 28.1 Å². The predicted octanol–water partition coefficient (Wildman–Crippen LogP) is -2.00. The average Bonchev–Trinajstić information content (AvgIpc) is 3.74. The average molecular weight is 681 g/mol. The maximum atomic E-state index is 13.7. The van der Waals surface area contributed by atoms with Gasteiger partial charge < -0.3 is 53.8 Å². The van der Waals surface area contributed by atoms with E-state index in [9.17, 15) is 33.9 Å². The molecule has 48 heavy (non-hydrogen) atoms. The molecule has 0 saturated carbocycles. The summed E-state index contributed by atoms with van der Waals surface area (Å²) in [4.78, 5) is 83.5. The highest BCUT2D eigenvalue weighted by Crippen LogP contribution is 2.20. The molecule has 0 aromatic heterocycles. The van der Waals surface area contributed by atoms with E-state index in [4.69, 9.17) is 17.2 Å². The SMILES string of the molecule is CC(C)C[C@H](NC(=O)[C@H](CCCCN)NC(=O)[C@H](C)NC(=O)[C@@H]1CCCN1)C(=O)N[C@@H](CCCN=C(N)N)C(=O)N1CCC[C@H]1C(=O)O. The quantitative estimate of drug-likeness (QED) is 0.0385. The summed E-state index contributed by atoms with van der Waals surface area (Å²) in [6.07, 6.45) is 4.39. The number of hydrogen-bond acceptors (Lipinski definition) is 9. The number of nitrogens with zero attached hydrogens (tertiary/aromatic N) is 2. The molecule has 17 heteroatoms. The normalized spacial score (nSPS) is 19.9. The molecule has 12 N–H and O–H groups in total. The van der Waals surface area contributed by atoms with Gasteiger partial charge in [0, 0.05) is 13.1 Å². The Balaban J connectivity index is 2.20. The van der Waals surface area contributed by atoms with Crippen LogP contribution in [0, 0.1) is 5.92 Å². The van der Waals surface area contributed by atoms with E-state index < -0.39 is 59.8 Å². The maximum absolute atomic E-state index is 13.7. The zero-order valence-electron chi connectivity index (χ0n) is 28.5. The highest BCUT2D eigenvalue weighted by Gasteiger charge is 2.38. The van der Waals surface area contributed by atoms with Crippen LogP contribution < -0.4 is 43.8 Å². The molecule has 0 aromatic rings. The van der Waals surface area contributed by atoms with Crippen molar-refractivity contribution in [2.75, 3.05) is 26.2 Å². The summed E-state index contributed by atoms with van der Waals surface area (Å²) >= 11 is 0. The van der Waals surface area contributed by atoms with Gasteiger partial charge >= 0.3 is 5.97 Å². The van der Waals surface area contributed by atoms with Gasteiger partial charge in [-0.25, -0.2) is 4.79 Å². The number of nitrogens with one attached hydrogen (secondary N) is 5. The minimum absolute atomic E-state index is 0.0447. The Morgan fingerprint density at radius 3 is 2.10 bits per heavy atom. The van der Waals surface area contributed by atoms with E-state index in [0.717, 1.165) is 13.0 Å². The summed E-state index contributed by atoms with van der Waals surface area (Å²) in [6.45, 7) is 6.82. The lowest BCUT2D eigenvalue weighted by Crippen LogP contribution is -2.59. The molecule has 6 atom stereocenters. The molecule has 2 aliphatic heterocycles. The van der Waals surface area contributed by atoms with Crippen LogP contribution in [0.2, 0.25) is 0 Å². The number of hydrogen-bond donors (Lipinski definition) is 9. The molecule has 0 radical (unpaired) electrons. The third-order valence-electron chi connectivity index (χ3n) is 8.43. The largest absolute Gasteiger partial charge is 0.480 e. The lowest BCUT2D eigenvalue weighted by atomic mass is 10.0. The van der Waals surface area contributed by atoms with Crippen molar-refractivity contribution in [3.8, 4) is 0 Å². The Morgan fingerprint density at radius 2 is 1.50 bits per heavy atom. The highest BCUT2D eigenvalue weighted by molar-refractivity contribution is 5.96. The van der Waals surface area contributed by atoms with Crippen LogP contribution in [0.4, 0.5) is 0 Å². The first kappa shape index (κ1) is 40.2. The van der Waals surface area contributed by atoms with Gasteiger partial charge in [-0.15, -0.1) is 0 Å². The monoisotopic (exact) mass is 680 g/mol. The molecule has 2 saturated heterocycles. The zero-order chi connectivity index (χ0) is 35.8. The van der Waals surface area contributed by atoms with Crippen molar-refractivity contribution in [2.45, 2.75) is 121 Å². The van der Waals surface area contributed by atoms with E-state index in [1.807, 2.05) is 13.8 Å². The van der Waals surface area contributed by atoms with Crippen LogP contribution in [0.5, 0.6) is 0 Å². The van der Waals surface area contributed by atoms with Crippen LogP contribution in [-0.4, -0.2) is 114 Å². The van der Waals surface area contributed by atoms with Crippen LogP contribution in [0.1, 0.15) is 85.0 Å². The molecule has 2 heterocycles. The standard InChI is InChI=1S/C31H56N10O7/c1-18(2)17-23(28(45)39-22(11-7-15-36-31(33)34)29(46)41-16-8-12-24(41)30(47)48)40-27(44)21(9-4-5-13-32)38-25(42)19(3)37-26(43)20-10-6-14-35-20/h18-24,35H,4-17,32H2,1-3H3,(H,37,43)(H,38,42)(H,39,45)(H,40,44)(H,47,48)(H4,33,34,36)/t19-,20-,21-,22-,23-,24-/m0/s1. The third-order valence-corrected chi connectivity index (χ3v) is 8.43. The van der Waals surface area contributed by atoms with Crippen LogP contribution in [0.15, 0.2) is 4.99 Å². The first-order chi connectivity index (χ1) is 22.7. The number of nitrogens with two attached hydrogens (primary N) is 3. The number of amides is 5. The lowest BCUT2D eigenvalue weighted by Gasteiger charge is -2.30. The molecule has 0 spiro atoms. The number of carboxylic acid groups (broad SMARTS) is 1. The molecule has 0 aromatic carbocycles. The number of carboxylic acids is 1. The van der Waals surface area contributed by atoms with Gasteiger partial charge in [0.25, 0.3) is 0 Å². The maximum Gasteiger partial charge on any atom is 0.326 e. The van der Waals surface area contributed by atoms with Crippen LogP contribution >= 0.6 is 0 Å². The molecule has 5 amide bonds. The minimum Gasteiger partial charge on any atom is -0.480 e. The number of guanidine groups is 1.